The molecule has 1 aromatic heterocycles. The highest BCUT2D eigenvalue weighted by atomic mass is 16.6. The van der Waals surface area contributed by atoms with Crippen LogP contribution < -0.4 is 0 Å². The van der Waals surface area contributed by atoms with Crippen molar-refractivity contribution in [2.24, 2.45) is 34.0 Å². The Labute approximate surface area is 235 Å². The molecule has 216 valence electrons. The fourth-order valence-electron chi connectivity index (χ4n) is 8.52. The van der Waals surface area contributed by atoms with E-state index in [-0.39, 0.29) is 30.5 Å². The van der Waals surface area contributed by atoms with Crippen molar-refractivity contribution in [2.75, 3.05) is 7.11 Å². The van der Waals surface area contributed by atoms with Crippen LogP contribution in [0.25, 0.3) is 0 Å². The van der Waals surface area contributed by atoms with E-state index in [4.69, 9.17) is 18.6 Å². The molecule has 4 aliphatic rings. The maximum Gasteiger partial charge on any atom is 0.333 e. The Morgan fingerprint density at radius 1 is 1.18 bits per heavy atom. The third-order valence-corrected chi connectivity index (χ3v) is 10.8. The zero-order valence-electron chi connectivity index (χ0n) is 24.5. The number of hydrogen-bond donors (Lipinski definition) is 0. The largest absolute Gasteiger partial charge is 0.472 e. The predicted molar refractivity (Wildman–Crippen MR) is 144 cm³/mol. The van der Waals surface area contributed by atoms with E-state index in [9.17, 15) is 19.2 Å². The van der Waals surface area contributed by atoms with Gasteiger partial charge in [-0.15, -0.1) is 0 Å². The number of ether oxygens (including phenoxy) is 3. The minimum atomic E-state index is -0.894. The lowest BCUT2D eigenvalue weighted by Gasteiger charge is -2.63. The van der Waals surface area contributed by atoms with Crippen LogP contribution in [0.5, 0.6) is 0 Å². The molecule has 0 radical (unpaired) electrons. The van der Waals surface area contributed by atoms with Gasteiger partial charge in [-0.05, 0) is 56.6 Å². The van der Waals surface area contributed by atoms with Gasteiger partial charge in [-0.3, -0.25) is 14.4 Å². The van der Waals surface area contributed by atoms with Gasteiger partial charge in [-0.2, -0.15) is 0 Å². The van der Waals surface area contributed by atoms with Crippen LogP contribution in [-0.4, -0.2) is 36.9 Å². The molecule has 2 bridgehead atoms. The topological polar surface area (TPSA) is 109 Å². The number of Topliss-reactive ketones (excluding diaryl/α,β-unsaturated/α-hetero) is 1. The maximum absolute atomic E-state index is 14.5. The van der Waals surface area contributed by atoms with Gasteiger partial charge in [0.2, 0.25) is 0 Å². The normalized spacial score (nSPS) is 36.8. The highest BCUT2D eigenvalue weighted by molar-refractivity contribution is 5.93. The minimum Gasteiger partial charge on any atom is -0.472 e. The predicted octanol–water partition coefficient (Wildman–Crippen LogP) is 5.67. The first-order chi connectivity index (χ1) is 18.8. The zero-order chi connectivity index (χ0) is 29.2. The molecule has 0 spiro atoms. The molecule has 2 heterocycles. The van der Waals surface area contributed by atoms with E-state index in [1.165, 1.54) is 7.11 Å². The second-order valence-corrected chi connectivity index (χ2v) is 13.0. The Kier molecular flexibility index (Phi) is 6.91. The summed E-state index contributed by atoms with van der Waals surface area (Å²) in [5.41, 5.74) is 1.32. The van der Waals surface area contributed by atoms with Crippen LogP contribution in [0.4, 0.5) is 0 Å². The molecule has 1 aromatic rings. The number of carbonyl (C=O) groups excluding carboxylic acids is 4. The number of hydrogen-bond acceptors (Lipinski definition) is 8. The number of furan rings is 1. The van der Waals surface area contributed by atoms with Crippen LogP contribution >= 0.6 is 0 Å². The number of carbonyl (C=O) groups is 4. The molecule has 0 amide bonds. The number of cyclic esters (lactones) is 1. The second-order valence-electron chi connectivity index (χ2n) is 13.0. The van der Waals surface area contributed by atoms with Crippen molar-refractivity contribution in [3.8, 4) is 0 Å². The van der Waals surface area contributed by atoms with Gasteiger partial charge in [-0.1, -0.05) is 39.3 Å². The number of ketones is 1. The first kappa shape index (κ1) is 28.4. The van der Waals surface area contributed by atoms with Crippen LogP contribution in [0, 0.1) is 34.0 Å². The highest BCUT2D eigenvalue weighted by Crippen LogP contribution is 2.68. The zero-order valence-corrected chi connectivity index (χ0v) is 24.5. The molecule has 3 aliphatic carbocycles. The van der Waals surface area contributed by atoms with Crippen molar-refractivity contribution in [2.45, 2.75) is 85.9 Å². The standard InChI is InChI=1S/C32H40O8/c1-8-17(2)29(36)40-28-20-13-19-21(32(6,26(20)35)23(30(28,3)4)15-24(33)37-7)9-11-31(5)22(19)14-25(34)39-27(31)18-10-12-38-16-18/h8,10,12,16,20-21,23,27-28H,9,11,13-15H2,1-7H3/b17-8+/t20-,21?,23-,27-,28+,31+,32+/m0/s1. The van der Waals surface area contributed by atoms with Crippen molar-refractivity contribution >= 4 is 23.7 Å². The second kappa shape index (κ2) is 9.74. The molecule has 7 atom stereocenters. The van der Waals surface area contributed by atoms with Crippen molar-refractivity contribution in [3.63, 3.8) is 0 Å². The Hall–Kier alpha value is -3.16. The summed E-state index contributed by atoms with van der Waals surface area (Å²) in [6, 6.07) is 1.83. The molecule has 0 N–H and O–H groups in total. The molecule has 0 aromatic carbocycles. The van der Waals surface area contributed by atoms with E-state index in [0.29, 0.717) is 18.4 Å². The summed E-state index contributed by atoms with van der Waals surface area (Å²) in [6.07, 6.45) is 5.69. The van der Waals surface area contributed by atoms with Gasteiger partial charge in [0, 0.05) is 33.8 Å². The van der Waals surface area contributed by atoms with Crippen molar-refractivity contribution in [1.29, 1.82) is 0 Å². The summed E-state index contributed by atoms with van der Waals surface area (Å²) >= 11 is 0. The molecule has 40 heavy (non-hydrogen) atoms. The summed E-state index contributed by atoms with van der Waals surface area (Å²) in [6.45, 7) is 11.6. The number of esters is 3. The number of fused-ring (bicyclic) bond motifs is 5. The first-order valence-electron chi connectivity index (χ1n) is 14.2. The minimum absolute atomic E-state index is 0.0272. The molecule has 2 saturated carbocycles. The lowest BCUT2D eigenvalue weighted by Crippen LogP contribution is -2.66. The highest BCUT2D eigenvalue weighted by Gasteiger charge is 2.68. The van der Waals surface area contributed by atoms with Gasteiger partial charge in [0.15, 0.2) is 0 Å². The Morgan fingerprint density at radius 3 is 2.52 bits per heavy atom. The molecule has 8 heteroatoms. The average molecular weight is 553 g/mol. The molecule has 1 saturated heterocycles. The SMILES string of the molecule is C/C=C(\C)C(=O)O[C@@H]1[C@H]2CC3=C4CC(=O)O[C@@H](c5ccoc5)[C@]4(C)CCC3[C@@](C)(C2=O)[C@@H](CC(=O)OC)C1(C)C. The van der Waals surface area contributed by atoms with E-state index in [1.807, 2.05) is 26.8 Å². The summed E-state index contributed by atoms with van der Waals surface area (Å²) < 4.78 is 22.5. The summed E-state index contributed by atoms with van der Waals surface area (Å²) in [7, 11) is 1.35. The van der Waals surface area contributed by atoms with E-state index < -0.39 is 52.2 Å². The van der Waals surface area contributed by atoms with Crippen molar-refractivity contribution in [3.05, 3.63) is 47.0 Å². The third kappa shape index (κ3) is 4.00. The van der Waals surface area contributed by atoms with Gasteiger partial charge in [0.05, 0.1) is 32.0 Å². The lowest BCUT2D eigenvalue weighted by molar-refractivity contribution is -0.197. The molecule has 1 aliphatic heterocycles. The third-order valence-electron chi connectivity index (χ3n) is 10.8. The van der Waals surface area contributed by atoms with Crippen molar-refractivity contribution < 1.29 is 37.8 Å². The molecule has 3 fully saturated rings. The van der Waals surface area contributed by atoms with Gasteiger partial charge >= 0.3 is 17.9 Å². The molecular weight excluding hydrogens is 512 g/mol. The maximum atomic E-state index is 14.5. The Balaban J connectivity index is 1.68. The van der Waals surface area contributed by atoms with Crippen LogP contribution in [0.1, 0.15) is 85.3 Å². The van der Waals surface area contributed by atoms with Crippen LogP contribution in [0.3, 0.4) is 0 Å². The first-order valence-corrected chi connectivity index (χ1v) is 14.2. The fourth-order valence-corrected chi connectivity index (χ4v) is 8.52. The summed E-state index contributed by atoms with van der Waals surface area (Å²) in [5, 5.41) is 0. The summed E-state index contributed by atoms with van der Waals surface area (Å²) in [5.74, 6) is -2.32. The summed E-state index contributed by atoms with van der Waals surface area (Å²) in [4.78, 5) is 53.3. The lowest BCUT2D eigenvalue weighted by atomic mass is 9.40. The van der Waals surface area contributed by atoms with Gasteiger partial charge in [0.1, 0.15) is 18.0 Å². The smallest absolute Gasteiger partial charge is 0.333 e. The van der Waals surface area contributed by atoms with Gasteiger partial charge in [0.25, 0.3) is 0 Å². The number of rotatable bonds is 5. The Bertz CT molecular complexity index is 1300. The molecule has 5 rings (SSSR count). The van der Waals surface area contributed by atoms with Crippen LogP contribution in [0.2, 0.25) is 0 Å². The van der Waals surface area contributed by atoms with Crippen LogP contribution in [-0.2, 0) is 33.4 Å². The number of allylic oxidation sites excluding steroid dienone is 2. The van der Waals surface area contributed by atoms with Gasteiger partial charge < -0.3 is 18.6 Å². The van der Waals surface area contributed by atoms with E-state index >= 15 is 0 Å². The van der Waals surface area contributed by atoms with E-state index in [2.05, 4.69) is 6.92 Å². The van der Waals surface area contributed by atoms with Crippen LogP contribution in [0.15, 0.2) is 45.8 Å². The van der Waals surface area contributed by atoms with Crippen molar-refractivity contribution in [1.82, 2.24) is 0 Å². The molecule has 8 nitrogen and oxygen atoms in total. The molecular formula is C32H40O8. The monoisotopic (exact) mass is 552 g/mol. The Morgan fingerprint density at radius 2 is 1.90 bits per heavy atom. The van der Waals surface area contributed by atoms with E-state index in [0.717, 1.165) is 23.1 Å². The van der Waals surface area contributed by atoms with Gasteiger partial charge in [-0.25, -0.2) is 4.79 Å². The average Bonchev–Trinajstić information content (AvgIpc) is 3.45. The number of methoxy groups -OCH3 is 1. The van der Waals surface area contributed by atoms with E-state index in [1.54, 1.807) is 32.4 Å². The molecule has 1 unspecified atom stereocenters. The fraction of sp³-hybridized carbons (Fsp3) is 0.625. The quantitative estimate of drug-likeness (QED) is 0.199.